The zero-order chi connectivity index (χ0) is 26.5. The number of oxime groups is 1. The van der Waals surface area contributed by atoms with Gasteiger partial charge in [-0.05, 0) is 17.7 Å². The molecule has 2 aliphatic rings. The number of nitrogen functional groups attached to an aromatic ring is 1. The fourth-order valence-corrected chi connectivity index (χ4v) is 4.02. The second-order valence-electron chi connectivity index (χ2n) is 8.54. The number of ether oxygens (including phenoxy) is 1. The Morgan fingerprint density at radius 2 is 1.95 bits per heavy atom. The Morgan fingerprint density at radius 3 is 2.62 bits per heavy atom. The summed E-state index contributed by atoms with van der Waals surface area (Å²) in [5, 5.41) is 19.4. The molecule has 0 saturated heterocycles. The minimum Gasteiger partial charge on any atom is -0.467 e. The van der Waals surface area contributed by atoms with Crippen molar-refractivity contribution in [2.24, 2.45) is 10.9 Å². The molecule has 0 saturated carbocycles. The molecule has 4 rings (SSSR count). The number of carbonyl (C=O) groups is 4. The van der Waals surface area contributed by atoms with Crippen LogP contribution in [0.25, 0.3) is 0 Å². The van der Waals surface area contributed by atoms with Gasteiger partial charge in [-0.3, -0.25) is 19.8 Å². The second kappa shape index (κ2) is 10.9. The van der Waals surface area contributed by atoms with Crippen LogP contribution in [0, 0.1) is 5.41 Å². The van der Waals surface area contributed by atoms with Gasteiger partial charge < -0.3 is 31.3 Å². The number of amidine groups is 1. The number of anilines is 1. The molecule has 2 heterocycles. The molecule has 0 spiro atoms. The van der Waals surface area contributed by atoms with Gasteiger partial charge in [0.2, 0.25) is 5.91 Å². The summed E-state index contributed by atoms with van der Waals surface area (Å²) in [6.07, 6.45) is -0.147. The van der Waals surface area contributed by atoms with Crippen molar-refractivity contribution in [3.8, 4) is 0 Å². The first-order valence-electron chi connectivity index (χ1n) is 11.5. The van der Waals surface area contributed by atoms with Gasteiger partial charge >= 0.3 is 5.97 Å². The van der Waals surface area contributed by atoms with E-state index in [1.807, 2.05) is 0 Å². The number of Topliss-reactive ketones (excluding diaryl/α,β-unsaturated/α-hetero) is 1. The SMILES string of the molecule is COC(=O)C(CNC(=O)CC1CC(c2ccc(C(=N)N)cc2)=NO1)NC(=O)C1Nc2ccccc2C1=O. The Labute approximate surface area is 212 Å². The number of rotatable bonds is 9. The van der Waals surface area contributed by atoms with E-state index in [0.717, 1.165) is 12.7 Å². The number of hydrogen-bond donors (Lipinski definition) is 5. The number of ketones is 1. The fourth-order valence-electron chi connectivity index (χ4n) is 4.02. The van der Waals surface area contributed by atoms with Crippen LogP contribution >= 0.6 is 0 Å². The highest BCUT2D eigenvalue weighted by Gasteiger charge is 2.37. The van der Waals surface area contributed by atoms with Crippen molar-refractivity contribution in [3.05, 3.63) is 65.2 Å². The number of carbonyl (C=O) groups excluding carboxylic acids is 4. The molecule has 12 heteroatoms. The zero-order valence-electron chi connectivity index (χ0n) is 19.9. The van der Waals surface area contributed by atoms with E-state index < -0.39 is 41.8 Å². The number of benzene rings is 2. The maximum Gasteiger partial charge on any atom is 0.330 e. The van der Waals surface area contributed by atoms with Crippen molar-refractivity contribution in [1.29, 1.82) is 5.41 Å². The van der Waals surface area contributed by atoms with Crippen LogP contribution in [-0.4, -0.2) is 67.0 Å². The Hall–Kier alpha value is -4.74. The summed E-state index contributed by atoms with van der Waals surface area (Å²) in [5.41, 5.74) is 8.42. The summed E-state index contributed by atoms with van der Waals surface area (Å²) < 4.78 is 4.74. The van der Waals surface area contributed by atoms with Crippen molar-refractivity contribution < 1.29 is 28.8 Å². The van der Waals surface area contributed by atoms with Gasteiger partial charge in [-0.15, -0.1) is 0 Å². The summed E-state index contributed by atoms with van der Waals surface area (Å²) in [4.78, 5) is 55.4. The smallest absolute Gasteiger partial charge is 0.330 e. The van der Waals surface area contributed by atoms with Crippen LogP contribution in [0.5, 0.6) is 0 Å². The van der Waals surface area contributed by atoms with Crippen LogP contribution < -0.4 is 21.7 Å². The minimum absolute atomic E-state index is 0.0294. The van der Waals surface area contributed by atoms with Crippen LogP contribution in [0.3, 0.4) is 0 Å². The molecule has 0 aromatic heterocycles. The first-order valence-corrected chi connectivity index (χ1v) is 11.5. The Kier molecular flexibility index (Phi) is 7.47. The minimum atomic E-state index is -1.20. The standard InChI is InChI=1S/C25H26N6O6/c1-36-25(35)19(30-24(34)21-22(33)16-4-2-3-5-17(16)29-21)12-28-20(32)11-15-10-18(31-37-15)13-6-8-14(9-7-13)23(26)27/h2-9,15,19,21,29H,10-12H2,1H3,(H3,26,27)(H,28,32)(H,30,34). The van der Waals surface area contributed by atoms with Gasteiger partial charge in [0.15, 0.2) is 11.8 Å². The molecule has 12 nitrogen and oxygen atoms in total. The molecule has 2 aromatic carbocycles. The van der Waals surface area contributed by atoms with E-state index in [-0.39, 0.29) is 18.8 Å². The first-order chi connectivity index (χ1) is 17.8. The van der Waals surface area contributed by atoms with Crippen LogP contribution in [-0.2, 0) is 24.0 Å². The number of hydrogen-bond acceptors (Lipinski definition) is 9. The van der Waals surface area contributed by atoms with Gasteiger partial charge in [0.25, 0.3) is 5.91 Å². The lowest BCUT2D eigenvalue weighted by molar-refractivity contribution is -0.145. The highest BCUT2D eigenvalue weighted by atomic mass is 16.6. The van der Waals surface area contributed by atoms with Gasteiger partial charge in [-0.25, -0.2) is 4.79 Å². The molecule has 2 amide bonds. The number of para-hydroxylation sites is 1. The monoisotopic (exact) mass is 506 g/mol. The van der Waals surface area contributed by atoms with Crippen molar-refractivity contribution in [2.75, 3.05) is 19.0 Å². The number of amides is 2. The molecule has 192 valence electrons. The van der Waals surface area contributed by atoms with E-state index in [2.05, 4.69) is 21.1 Å². The zero-order valence-corrected chi connectivity index (χ0v) is 19.9. The highest BCUT2D eigenvalue weighted by molar-refractivity contribution is 6.21. The molecule has 2 aliphatic heterocycles. The predicted octanol–water partition coefficient (Wildman–Crippen LogP) is 0.305. The van der Waals surface area contributed by atoms with Crippen molar-refractivity contribution in [3.63, 3.8) is 0 Å². The lowest BCUT2D eigenvalue weighted by Crippen LogP contribution is -2.53. The van der Waals surface area contributed by atoms with Crippen LogP contribution in [0.1, 0.15) is 34.3 Å². The summed E-state index contributed by atoms with van der Waals surface area (Å²) in [6.45, 7) is -0.238. The number of esters is 1. The summed E-state index contributed by atoms with van der Waals surface area (Å²) in [7, 11) is 1.16. The lowest BCUT2D eigenvalue weighted by Gasteiger charge is -2.19. The van der Waals surface area contributed by atoms with E-state index in [9.17, 15) is 19.2 Å². The van der Waals surface area contributed by atoms with Crippen molar-refractivity contribution in [2.45, 2.75) is 31.0 Å². The van der Waals surface area contributed by atoms with Crippen LogP contribution in [0.15, 0.2) is 53.7 Å². The quantitative estimate of drug-likeness (QED) is 0.139. The average Bonchev–Trinajstić information content (AvgIpc) is 3.50. The van der Waals surface area contributed by atoms with E-state index >= 15 is 0 Å². The summed E-state index contributed by atoms with van der Waals surface area (Å²) >= 11 is 0. The number of nitrogens with zero attached hydrogens (tertiary/aromatic N) is 1. The highest BCUT2D eigenvalue weighted by Crippen LogP contribution is 2.25. The number of methoxy groups -OCH3 is 1. The predicted molar refractivity (Wildman–Crippen MR) is 133 cm³/mol. The molecule has 3 atom stereocenters. The topological polar surface area (TPSA) is 185 Å². The maximum absolute atomic E-state index is 12.7. The molecular weight excluding hydrogens is 480 g/mol. The molecule has 0 bridgehead atoms. The van der Waals surface area contributed by atoms with Gasteiger partial charge in [0.05, 0.1) is 19.2 Å². The van der Waals surface area contributed by atoms with E-state index in [4.69, 9.17) is 20.7 Å². The van der Waals surface area contributed by atoms with Gasteiger partial charge in [-0.2, -0.15) is 0 Å². The van der Waals surface area contributed by atoms with Crippen LogP contribution in [0.2, 0.25) is 0 Å². The first kappa shape index (κ1) is 25.4. The Morgan fingerprint density at radius 1 is 1.22 bits per heavy atom. The molecule has 0 radical (unpaired) electrons. The summed E-state index contributed by atoms with van der Waals surface area (Å²) in [6, 6.07) is 11.3. The molecule has 2 aromatic rings. The van der Waals surface area contributed by atoms with E-state index in [1.165, 1.54) is 0 Å². The molecule has 0 aliphatic carbocycles. The Balaban J connectivity index is 1.28. The van der Waals surface area contributed by atoms with Gasteiger partial charge in [0.1, 0.15) is 18.0 Å². The number of nitrogens with two attached hydrogens (primary N) is 1. The number of fused-ring (bicyclic) bond motifs is 1. The van der Waals surface area contributed by atoms with Crippen LogP contribution in [0.4, 0.5) is 5.69 Å². The molecule has 0 fully saturated rings. The molecular formula is C25H26N6O6. The third-order valence-electron chi connectivity index (χ3n) is 6.00. The molecule has 37 heavy (non-hydrogen) atoms. The maximum atomic E-state index is 12.7. The van der Waals surface area contributed by atoms with Crippen molar-refractivity contribution in [1.82, 2.24) is 10.6 Å². The van der Waals surface area contributed by atoms with Gasteiger partial charge in [-0.1, -0.05) is 41.6 Å². The second-order valence-corrected chi connectivity index (χ2v) is 8.54. The summed E-state index contributed by atoms with van der Waals surface area (Å²) in [5.74, 6) is -2.35. The molecule has 3 unspecified atom stereocenters. The average molecular weight is 507 g/mol. The van der Waals surface area contributed by atoms with Crippen molar-refractivity contribution >= 4 is 40.8 Å². The fraction of sp³-hybridized carbons (Fsp3) is 0.280. The normalized spacial score (nSPS) is 18.5. The van der Waals surface area contributed by atoms with Gasteiger partial charge in [0, 0.05) is 29.8 Å². The van der Waals surface area contributed by atoms with E-state index in [0.29, 0.717) is 28.9 Å². The third kappa shape index (κ3) is 5.74. The third-order valence-corrected chi connectivity index (χ3v) is 6.00. The largest absolute Gasteiger partial charge is 0.467 e. The molecule has 6 N–H and O–H groups in total. The lowest BCUT2D eigenvalue weighted by atomic mass is 10.0. The number of nitrogens with one attached hydrogen (secondary N) is 4. The van der Waals surface area contributed by atoms with E-state index in [1.54, 1.807) is 48.5 Å². The Bertz CT molecular complexity index is 1270.